The second-order valence-corrected chi connectivity index (χ2v) is 4.57. The van der Waals surface area contributed by atoms with E-state index in [0.717, 1.165) is 12.1 Å². The SMILES string of the molecule is C[C@H](N[C@H]1CCCC[C@H]1N)c1cnccn1. The van der Waals surface area contributed by atoms with Crippen LogP contribution < -0.4 is 11.1 Å². The Balaban J connectivity index is 1.94. The van der Waals surface area contributed by atoms with Crippen LogP contribution in [-0.4, -0.2) is 22.1 Å². The van der Waals surface area contributed by atoms with Crippen molar-refractivity contribution < 1.29 is 0 Å². The van der Waals surface area contributed by atoms with E-state index in [1.165, 1.54) is 19.3 Å². The fraction of sp³-hybridized carbons (Fsp3) is 0.667. The van der Waals surface area contributed by atoms with E-state index in [9.17, 15) is 0 Å². The summed E-state index contributed by atoms with van der Waals surface area (Å²) in [6.07, 6.45) is 10.1. The Labute approximate surface area is 96.7 Å². The van der Waals surface area contributed by atoms with Crippen LogP contribution in [0.5, 0.6) is 0 Å². The number of nitrogens with two attached hydrogens (primary N) is 1. The predicted octanol–water partition coefficient (Wildman–Crippen LogP) is 1.40. The zero-order chi connectivity index (χ0) is 11.4. The summed E-state index contributed by atoms with van der Waals surface area (Å²) >= 11 is 0. The molecule has 0 aromatic carbocycles. The van der Waals surface area contributed by atoms with Gasteiger partial charge in [-0.1, -0.05) is 12.8 Å². The molecule has 1 aromatic heterocycles. The van der Waals surface area contributed by atoms with Crippen molar-refractivity contribution in [2.45, 2.75) is 50.7 Å². The summed E-state index contributed by atoms with van der Waals surface area (Å²) in [6.45, 7) is 2.12. The second-order valence-electron chi connectivity index (χ2n) is 4.57. The molecule has 4 heteroatoms. The van der Waals surface area contributed by atoms with Gasteiger partial charge in [0.1, 0.15) is 0 Å². The second kappa shape index (κ2) is 5.37. The average Bonchev–Trinajstić information content (AvgIpc) is 2.33. The normalized spacial score (nSPS) is 27.6. The molecule has 1 fully saturated rings. The highest BCUT2D eigenvalue weighted by atomic mass is 15.0. The van der Waals surface area contributed by atoms with Gasteiger partial charge in [-0.3, -0.25) is 9.97 Å². The Hall–Kier alpha value is -1.00. The fourth-order valence-electron chi connectivity index (χ4n) is 2.31. The highest BCUT2D eigenvalue weighted by Crippen LogP contribution is 2.19. The number of aromatic nitrogens is 2. The lowest BCUT2D eigenvalue weighted by Gasteiger charge is -2.31. The number of hydrogen-bond acceptors (Lipinski definition) is 4. The minimum Gasteiger partial charge on any atom is -0.326 e. The summed E-state index contributed by atoms with van der Waals surface area (Å²) in [4.78, 5) is 8.39. The van der Waals surface area contributed by atoms with Gasteiger partial charge in [0.2, 0.25) is 0 Å². The summed E-state index contributed by atoms with van der Waals surface area (Å²) in [5, 5.41) is 3.56. The first-order valence-corrected chi connectivity index (χ1v) is 6.05. The van der Waals surface area contributed by atoms with Gasteiger partial charge in [0.25, 0.3) is 0 Å². The van der Waals surface area contributed by atoms with Crippen molar-refractivity contribution in [2.75, 3.05) is 0 Å². The van der Waals surface area contributed by atoms with E-state index in [4.69, 9.17) is 5.73 Å². The quantitative estimate of drug-likeness (QED) is 0.808. The maximum Gasteiger partial charge on any atom is 0.0753 e. The number of nitrogens with zero attached hydrogens (tertiary/aromatic N) is 2. The fourth-order valence-corrected chi connectivity index (χ4v) is 2.31. The first-order valence-electron chi connectivity index (χ1n) is 6.05. The number of hydrogen-bond donors (Lipinski definition) is 2. The smallest absolute Gasteiger partial charge is 0.0753 e. The van der Waals surface area contributed by atoms with Crippen LogP contribution in [0, 0.1) is 0 Å². The van der Waals surface area contributed by atoms with Crippen molar-refractivity contribution in [3.05, 3.63) is 24.3 Å². The van der Waals surface area contributed by atoms with Crippen molar-refractivity contribution in [2.24, 2.45) is 5.73 Å². The van der Waals surface area contributed by atoms with Crippen LogP contribution >= 0.6 is 0 Å². The molecule has 1 saturated carbocycles. The van der Waals surface area contributed by atoms with Gasteiger partial charge in [0, 0.05) is 36.7 Å². The molecule has 2 rings (SSSR count). The van der Waals surface area contributed by atoms with E-state index in [1.807, 2.05) is 6.20 Å². The summed E-state index contributed by atoms with van der Waals surface area (Å²) in [5.74, 6) is 0. The largest absolute Gasteiger partial charge is 0.326 e. The molecular weight excluding hydrogens is 200 g/mol. The van der Waals surface area contributed by atoms with Crippen LogP contribution in [-0.2, 0) is 0 Å². The van der Waals surface area contributed by atoms with Crippen LogP contribution in [0.1, 0.15) is 44.3 Å². The first-order chi connectivity index (χ1) is 7.77. The van der Waals surface area contributed by atoms with Gasteiger partial charge < -0.3 is 11.1 Å². The molecular formula is C12H20N4. The van der Waals surface area contributed by atoms with Crippen LogP contribution in [0.15, 0.2) is 18.6 Å². The minimum atomic E-state index is 0.225. The molecule has 4 nitrogen and oxygen atoms in total. The van der Waals surface area contributed by atoms with E-state index >= 15 is 0 Å². The third-order valence-corrected chi connectivity index (χ3v) is 3.31. The molecule has 1 heterocycles. The molecule has 3 N–H and O–H groups in total. The Kier molecular flexibility index (Phi) is 3.85. The lowest BCUT2D eigenvalue weighted by molar-refractivity contribution is 0.305. The lowest BCUT2D eigenvalue weighted by atomic mass is 9.90. The minimum absolute atomic E-state index is 0.225. The van der Waals surface area contributed by atoms with E-state index in [-0.39, 0.29) is 12.1 Å². The molecule has 0 saturated heterocycles. The van der Waals surface area contributed by atoms with E-state index in [2.05, 4.69) is 22.2 Å². The predicted molar refractivity (Wildman–Crippen MR) is 63.8 cm³/mol. The monoisotopic (exact) mass is 220 g/mol. The van der Waals surface area contributed by atoms with E-state index < -0.39 is 0 Å². The molecule has 3 atom stereocenters. The highest BCUT2D eigenvalue weighted by Gasteiger charge is 2.23. The summed E-state index contributed by atoms with van der Waals surface area (Å²) in [5.41, 5.74) is 7.09. The molecule has 1 aromatic rings. The van der Waals surface area contributed by atoms with Gasteiger partial charge in [0.05, 0.1) is 5.69 Å². The topological polar surface area (TPSA) is 63.8 Å². The van der Waals surface area contributed by atoms with Crippen molar-refractivity contribution >= 4 is 0 Å². The molecule has 0 radical (unpaired) electrons. The summed E-state index contributed by atoms with van der Waals surface area (Å²) in [7, 11) is 0. The average molecular weight is 220 g/mol. The van der Waals surface area contributed by atoms with Crippen molar-refractivity contribution in [3.63, 3.8) is 0 Å². The maximum atomic E-state index is 6.11. The zero-order valence-electron chi connectivity index (χ0n) is 9.76. The van der Waals surface area contributed by atoms with Gasteiger partial charge in [-0.25, -0.2) is 0 Å². The summed E-state index contributed by atoms with van der Waals surface area (Å²) < 4.78 is 0. The maximum absolute atomic E-state index is 6.11. The number of rotatable bonds is 3. The van der Waals surface area contributed by atoms with E-state index in [0.29, 0.717) is 6.04 Å². The molecule has 0 spiro atoms. The number of nitrogens with one attached hydrogen (secondary N) is 1. The van der Waals surface area contributed by atoms with Gasteiger partial charge >= 0.3 is 0 Å². The third-order valence-electron chi connectivity index (χ3n) is 3.31. The Bertz CT molecular complexity index is 314. The van der Waals surface area contributed by atoms with Crippen LogP contribution in [0.3, 0.4) is 0 Å². The highest BCUT2D eigenvalue weighted by molar-refractivity contribution is 5.02. The molecule has 1 aliphatic carbocycles. The standard InChI is InChI=1S/C12H20N4/c1-9(12-8-14-6-7-15-12)16-11-5-3-2-4-10(11)13/h6-11,16H,2-5,13H2,1H3/t9-,10+,11-/m0/s1. The van der Waals surface area contributed by atoms with Gasteiger partial charge in [0.15, 0.2) is 0 Å². The van der Waals surface area contributed by atoms with Crippen molar-refractivity contribution in [1.82, 2.24) is 15.3 Å². The van der Waals surface area contributed by atoms with Crippen LogP contribution in [0.2, 0.25) is 0 Å². The molecule has 16 heavy (non-hydrogen) atoms. The molecule has 0 unspecified atom stereocenters. The zero-order valence-corrected chi connectivity index (χ0v) is 9.76. The van der Waals surface area contributed by atoms with Crippen molar-refractivity contribution in [3.8, 4) is 0 Å². The Morgan fingerprint density at radius 1 is 1.38 bits per heavy atom. The molecule has 0 amide bonds. The van der Waals surface area contributed by atoms with Crippen LogP contribution in [0.25, 0.3) is 0 Å². The molecule has 1 aliphatic rings. The molecule has 0 aliphatic heterocycles. The van der Waals surface area contributed by atoms with E-state index in [1.54, 1.807) is 12.4 Å². The van der Waals surface area contributed by atoms with Gasteiger partial charge in [-0.15, -0.1) is 0 Å². The summed E-state index contributed by atoms with van der Waals surface area (Å²) in [6, 6.07) is 0.932. The Morgan fingerprint density at radius 2 is 2.19 bits per heavy atom. The van der Waals surface area contributed by atoms with Gasteiger partial charge in [-0.05, 0) is 19.8 Å². The Morgan fingerprint density at radius 3 is 2.88 bits per heavy atom. The van der Waals surface area contributed by atoms with Gasteiger partial charge in [-0.2, -0.15) is 0 Å². The molecule has 88 valence electrons. The molecule has 0 bridgehead atoms. The third kappa shape index (κ3) is 2.77. The first kappa shape index (κ1) is 11.5. The van der Waals surface area contributed by atoms with Crippen molar-refractivity contribution in [1.29, 1.82) is 0 Å². The van der Waals surface area contributed by atoms with Crippen LogP contribution in [0.4, 0.5) is 0 Å². The lowest BCUT2D eigenvalue weighted by Crippen LogP contribution is -2.47.